The van der Waals surface area contributed by atoms with Gasteiger partial charge in [-0.1, -0.05) is 207 Å². The van der Waals surface area contributed by atoms with Gasteiger partial charge in [0.15, 0.2) is 0 Å². The van der Waals surface area contributed by atoms with Crippen LogP contribution in [0.25, 0.3) is 0 Å². The quantitative estimate of drug-likeness (QED) is 0.0579. The highest BCUT2D eigenvalue weighted by Crippen LogP contribution is 2.27. The highest BCUT2D eigenvalue weighted by molar-refractivity contribution is 4.90. The second-order valence-electron chi connectivity index (χ2n) is 14.7. The molecule has 0 radical (unpaired) electrons. The zero-order valence-electron chi connectivity index (χ0n) is 31.1. The van der Waals surface area contributed by atoms with E-state index in [9.17, 15) is 0 Å². The minimum absolute atomic E-state index is 0.619. The van der Waals surface area contributed by atoms with Crippen LogP contribution in [0.4, 0.5) is 0 Å². The summed E-state index contributed by atoms with van der Waals surface area (Å²) in [6.45, 7) is 9.43. The maximum Gasteiger partial charge on any atom is 0.257 e. The summed E-state index contributed by atoms with van der Waals surface area (Å²) in [4.78, 5) is 3.73. The predicted molar refractivity (Wildman–Crippen MR) is 198 cm³/mol. The first-order valence-electron chi connectivity index (χ1n) is 20.8. The molecule has 2 nitrogen and oxygen atoms in total. The van der Waals surface area contributed by atoms with E-state index in [1.54, 1.807) is 0 Å². The van der Waals surface area contributed by atoms with Gasteiger partial charge in [-0.2, -0.15) is 0 Å². The highest BCUT2D eigenvalue weighted by atomic mass is 15.1. The van der Waals surface area contributed by atoms with Gasteiger partial charge in [-0.05, 0) is 32.6 Å². The Labute approximate surface area is 278 Å². The topological polar surface area (TPSA) is 19.7 Å². The SMILES string of the molecule is CCCCCCCCCCCCCCCCC(CCCCC)c1[nH]cc[n+]1C(C)CCCCCCCCCCCCCCC. The van der Waals surface area contributed by atoms with E-state index in [-0.39, 0.29) is 0 Å². The first-order valence-corrected chi connectivity index (χ1v) is 20.8. The van der Waals surface area contributed by atoms with Crippen LogP contribution >= 0.6 is 0 Å². The van der Waals surface area contributed by atoms with Crippen LogP contribution in [0.1, 0.15) is 257 Å². The van der Waals surface area contributed by atoms with Crippen LogP contribution in [0.5, 0.6) is 0 Å². The van der Waals surface area contributed by atoms with Gasteiger partial charge in [-0.3, -0.25) is 0 Å². The Kier molecular flexibility index (Phi) is 30.1. The van der Waals surface area contributed by atoms with E-state index < -0.39 is 0 Å². The molecule has 0 aromatic carbocycles. The van der Waals surface area contributed by atoms with E-state index in [0.717, 1.165) is 0 Å². The van der Waals surface area contributed by atoms with Crippen molar-refractivity contribution < 1.29 is 4.57 Å². The minimum Gasteiger partial charge on any atom is -0.247 e. The molecule has 0 aliphatic rings. The summed E-state index contributed by atoms with van der Waals surface area (Å²) >= 11 is 0. The number of aromatic nitrogens is 2. The van der Waals surface area contributed by atoms with Crippen molar-refractivity contribution in [3.05, 3.63) is 18.2 Å². The lowest BCUT2D eigenvalue weighted by atomic mass is 9.93. The van der Waals surface area contributed by atoms with Crippen LogP contribution in [-0.2, 0) is 0 Å². The molecule has 0 bridgehead atoms. The van der Waals surface area contributed by atoms with Crippen molar-refractivity contribution in [3.63, 3.8) is 0 Å². The van der Waals surface area contributed by atoms with Crippen LogP contribution in [-0.4, -0.2) is 4.98 Å². The van der Waals surface area contributed by atoms with Gasteiger partial charge in [-0.25, -0.2) is 9.55 Å². The monoisotopic (exact) mass is 616 g/mol. The van der Waals surface area contributed by atoms with Crippen molar-refractivity contribution in [2.75, 3.05) is 0 Å². The molecule has 0 spiro atoms. The average Bonchev–Trinajstić information content (AvgIpc) is 3.52. The third kappa shape index (κ3) is 23.5. The molecule has 0 aliphatic heterocycles. The summed E-state index contributed by atoms with van der Waals surface area (Å²) in [5.41, 5.74) is 0. The summed E-state index contributed by atoms with van der Waals surface area (Å²) in [5, 5.41) is 0. The molecule has 0 saturated carbocycles. The summed E-state index contributed by atoms with van der Waals surface area (Å²) in [6.07, 6.45) is 51.7. The molecule has 1 rings (SSSR count). The number of rotatable bonds is 35. The Hall–Kier alpha value is -0.790. The molecule has 260 valence electrons. The molecular formula is C42H83N2+. The summed E-state index contributed by atoms with van der Waals surface area (Å²) in [7, 11) is 0. The van der Waals surface area contributed by atoms with Crippen LogP contribution in [0, 0.1) is 0 Å². The Morgan fingerprint density at radius 1 is 0.432 bits per heavy atom. The Morgan fingerprint density at radius 3 is 1.11 bits per heavy atom. The molecule has 2 heteroatoms. The molecule has 0 fully saturated rings. The minimum atomic E-state index is 0.619. The van der Waals surface area contributed by atoms with Crippen LogP contribution < -0.4 is 4.57 Å². The molecule has 1 aromatic rings. The largest absolute Gasteiger partial charge is 0.257 e. The zero-order valence-corrected chi connectivity index (χ0v) is 31.1. The smallest absolute Gasteiger partial charge is 0.247 e. The molecule has 2 atom stereocenters. The molecule has 1 aromatic heterocycles. The van der Waals surface area contributed by atoms with Gasteiger partial charge in [0, 0.05) is 0 Å². The fraction of sp³-hybridized carbons (Fsp3) is 0.929. The molecule has 1 N–H and O–H groups in total. The van der Waals surface area contributed by atoms with Crippen molar-refractivity contribution in [2.45, 2.75) is 252 Å². The zero-order chi connectivity index (χ0) is 31.8. The first-order chi connectivity index (χ1) is 21.7. The number of hydrogen-bond acceptors (Lipinski definition) is 0. The van der Waals surface area contributed by atoms with E-state index in [1.807, 2.05) is 0 Å². The Morgan fingerprint density at radius 2 is 0.727 bits per heavy atom. The van der Waals surface area contributed by atoms with Crippen LogP contribution in [0.3, 0.4) is 0 Å². The second-order valence-corrected chi connectivity index (χ2v) is 14.7. The molecule has 1 heterocycles. The number of nitrogens with one attached hydrogen (secondary N) is 1. The maximum absolute atomic E-state index is 3.73. The summed E-state index contributed by atoms with van der Waals surface area (Å²) in [6, 6.07) is 0.619. The van der Waals surface area contributed by atoms with Gasteiger partial charge >= 0.3 is 0 Å². The Bertz CT molecular complexity index is 679. The normalized spacial score (nSPS) is 13.1. The molecular weight excluding hydrogens is 532 g/mol. The van der Waals surface area contributed by atoms with E-state index in [4.69, 9.17) is 0 Å². The molecule has 0 saturated heterocycles. The van der Waals surface area contributed by atoms with Crippen molar-refractivity contribution in [1.82, 2.24) is 4.98 Å². The molecule has 0 aliphatic carbocycles. The average molecular weight is 616 g/mol. The van der Waals surface area contributed by atoms with Crippen LogP contribution in [0.2, 0.25) is 0 Å². The van der Waals surface area contributed by atoms with E-state index in [0.29, 0.717) is 12.0 Å². The van der Waals surface area contributed by atoms with Gasteiger partial charge < -0.3 is 0 Å². The Balaban J connectivity index is 2.21. The number of hydrogen-bond donors (Lipinski definition) is 1. The van der Waals surface area contributed by atoms with E-state index in [2.05, 4.69) is 49.6 Å². The third-order valence-electron chi connectivity index (χ3n) is 10.4. The van der Waals surface area contributed by atoms with E-state index in [1.165, 1.54) is 218 Å². The van der Waals surface area contributed by atoms with Gasteiger partial charge in [0.05, 0.1) is 12.0 Å². The second kappa shape index (κ2) is 32.2. The first kappa shape index (κ1) is 41.2. The lowest BCUT2D eigenvalue weighted by Gasteiger charge is -2.17. The van der Waals surface area contributed by atoms with Crippen molar-refractivity contribution in [1.29, 1.82) is 0 Å². The molecule has 2 unspecified atom stereocenters. The maximum atomic E-state index is 3.73. The fourth-order valence-corrected chi connectivity index (χ4v) is 7.31. The van der Waals surface area contributed by atoms with Crippen LogP contribution in [0.15, 0.2) is 12.4 Å². The van der Waals surface area contributed by atoms with Gasteiger partial charge in [0.1, 0.15) is 12.4 Å². The number of imidazole rings is 1. The van der Waals surface area contributed by atoms with Gasteiger partial charge in [0.2, 0.25) is 0 Å². The number of nitrogens with zero attached hydrogens (tertiary/aromatic N) is 1. The van der Waals surface area contributed by atoms with Crippen molar-refractivity contribution in [2.24, 2.45) is 0 Å². The number of H-pyrrole nitrogens is 1. The number of aromatic amines is 1. The summed E-state index contributed by atoms with van der Waals surface area (Å²) in [5.74, 6) is 2.24. The van der Waals surface area contributed by atoms with E-state index >= 15 is 0 Å². The molecule has 0 amide bonds. The lowest BCUT2D eigenvalue weighted by molar-refractivity contribution is -0.727. The predicted octanol–water partition coefficient (Wildman–Crippen LogP) is 14.9. The van der Waals surface area contributed by atoms with Gasteiger partial charge in [0.25, 0.3) is 5.82 Å². The number of unbranched alkanes of at least 4 members (excludes halogenated alkanes) is 27. The van der Waals surface area contributed by atoms with Crippen molar-refractivity contribution in [3.8, 4) is 0 Å². The molecule has 44 heavy (non-hydrogen) atoms. The van der Waals surface area contributed by atoms with Crippen molar-refractivity contribution >= 4 is 0 Å². The lowest BCUT2D eigenvalue weighted by Crippen LogP contribution is -2.41. The van der Waals surface area contributed by atoms with Gasteiger partial charge in [-0.15, -0.1) is 0 Å². The highest BCUT2D eigenvalue weighted by Gasteiger charge is 2.25. The fourth-order valence-electron chi connectivity index (χ4n) is 7.31. The summed E-state index contributed by atoms with van der Waals surface area (Å²) < 4.78 is 2.63. The standard InChI is InChI=1S/C42H82N2/c1-5-8-11-13-15-17-19-21-23-25-27-29-31-34-37-41(36-32-10-7-3)42-43-38-39-44(42)40(4)35-33-30-28-26-24-22-20-18-16-14-12-9-6-2/h38-41H,5-37H2,1-4H3/p+1. The third-order valence-corrected chi connectivity index (χ3v) is 10.4.